The normalized spacial score (nSPS) is 10.8. The second-order valence-corrected chi connectivity index (χ2v) is 5.31. The Morgan fingerprint density at radius 3 is 2.71 bits per heavy atom. The molecule has 0 atom stereocenters. The summed E-state index contributed by atoms with van der Waals surface area (Å²) >= 11 is 0. The maximum atomic E-state index is 12.9. The van der Waals surface area contributed by atoms with Crippen LogP contribution in [0.25, 0.3) is 5.65 Å². The Morgan fingerprint density at radius 2 is 2.00 bits per heavy atom. The lowest BCUT2D eigenvalue weighted by molar-refractivity contribution is 0.0945. The van der Waals surface area contributed by atoms with E-state index in [4.69, 9.17) is 0 Å². The molecular formula is C17H14FN3O3. The molecule has 122 valence electrons. The molecule has 0 aliphatic rings. The maximum Gasteiger partial charge on any atom is 0.274 e. The van der Waals surface area contributed by atoms with Gasteiger partial charge in [0.15, 0.2) is 5.56 Å². The maximum absolute atomic E-state index is 12.9. The highest BCUT2D eigenvalue weighted by atomic mass is 19.1. The summed E-state index contributed by atoms with van der Waals surface area (Å²) in [5.74, 6) is -1.74. The van der Waals surface area contributed by atoms with Gasteiger partial charge in [-0.1, -0.05) is 18.2 Å². The van der Waals surface area contributed by atoms with E-state index in [1.807, 2.05) is 0 Å². The number of carbonyl (C=O) groups is 1. The summed E-state index contributed by atoms with van der Waals surface area (Å²) < 4.78 is 14.1. The van der Waals surface area contributed by atoms with Gasteiger partial charge in [-0.2, -0.15) is 4.98 Å². The minimum Gasteiger partial charge on any atom is -0.493 e. The van der Waals surface area contributed by atoms with Crippen LogP contribution < -0.4 is 10.9 Å². The summed E-state index contributed by atoms with van der Waals surface area (Å²) in [6.45, 7) is 1.84. The predicted molar refractivity (Wildman–Crippen MR) is 85.4 cm³/mol. The van der Waals surface area contributed by atoms with Gasteiger partial charge in [-0.05, 0) is 36.2 Å². The van der Waals surface area contributed by atoms with Crippen LogP contribution in [-0.4, -0.2) is 20.4 Å². The first kappa shape index (κ1) is 15.7. The lowest BCUT2D eigenvalue weighted by Gasteiger charge is -2.09. The van der Waals surface area contributed by atoms with E-state index in [2.05, 4.69) is 10.3 Å². The average Bonchev–Trinajstić information content (AvgIpc) is 2.55. The van der Waals surface area contributed by atoms with Crippen molar-refractivity contribution >= 4 is 11.6 Å². The Hall–Kier alpha value is -3.22. The molecule has 7 heteroatoms. The van der Waals surface area contributed by atoms with Crippen LogP contribution in [0.5, 0.6) is 5.88 Å². The number of aromatic nitrogens is 2. The average molecular weight is 327 g/mol. The molecule has 0 spiro atoms. The van der Waals surface area contributed by atoms with Crippen LogP contribution in [0, 0.1) is 12.7 Å². The van der Waals surface area contributed by atoms with Crippen LogP contribution in [0.15, 0.2) is 47.4 Å². The Kier molecular flexibility index (Phi) is 3.99. The third-order valence-corrected chi connectivity index (χ3v) is 3.62. The van der Waals surface area contributed by atoms with Crippen LogP contribution in [0.3, 0.4) is 0 Å². The summed E-state index contributed by atoms with van der Waals surface area (Å²) in [5, 5.41) is 12.5. The van der Waals surface area contributed by atoms with E-state index in [1.54, 1.807) is 19.1 Å². The van der Waals surface area contributed by atoms with Gasteiger partial charge in [0.2, 0.25) is 5.88 Å². The van der Waals surface area contributed by atoms with Gasteiger partial charge >= 0.3 is 0 Å². The van der Waals surface area contributed by atoms with Gasteiger partial charge in [-0.3, -0.25) is 14.0 Å². The van der Waals surface area contributed by atoms with Crippen LogP contribution in [0.4, 0.5) is 4.39 Å². The Morgan fingerprint density at radius 1 is 1.29 bits per heavy atom. The van der Waals surface area contributed by atoms with E-state index in [9.17, 15) is 19.1 Å². The Bertz CT molecular complexity index is 981. The third-order valence-electron chi connectivity index (χ3n) is 3.62. The fourth-order valence-electron chi connectivity index (χ4n) is 2.36. The Balaban J connectivity index is 1.92. The summed E-state index contributed by atoms with van der Waals surface area (Å²) in [5.41, 5.74) is 0.560. The fraction of sp³-hybridized carbons (Fsp3) is 0.118. The quantitative estimate of drug-likeness (QED) is 0.768. The Labute approximate surface area is 136 Å². The number of nitrogens with zero attached hydrogens (tertiary/aromatic N) is 2. The number of nitrogens with one attached hydrogen (secondary N) is 1. The van der Waals surface area contributed by atoms with Crippen molar-refractivity contribution in [1.82, 2.24) is 14.7 Å². The monoisotopic (exact) mass is 327 g/mol. The van der Waals surface area contributed by atoms with Crippen LogP contribution in [-0.2, 0) is 6.54 Å². The van der Waals surface area contributed by atoms with Crippen molar-refractivity contribution in [3.05, 3.63) is 75.5 Å². The van der Waals surface area contributed by atoms with Crippen molar-refractivity contribution in [3.8, 4) is 5.88 Å². The van der Waals surface area contributed by atoms with Gasteiger partial charge in [-0.15, -0.1) is 0 Å². The number of pyridine rings is 1. The molecule has 0 fully saturated rings. The fourth-order valence-corrected chi connectivity index (χ4v) is 2.36. The van der Waals surface area contributed by atoms with E-state index >= 15 is 0 Å². The summed E-state index contributed by atoms with van der Waals surface area (Å²) in [6.07, 6.45) is 1.48. The minimum atomic E-state index is -0.745. The zero-order valence-electron chi connectivity index (χ0n) is 12.8. The second kappa shape index (κ2) is 6.11. The number of hydrogen-bond acceptors (Lipinski definition) is 4. The number of hydrogen-bond donors (Lipinski definition) is 2. The highest BCUT2D eigenvalue weighted by molar-refractivity contribution is 5.96. The minimum absolute atomic E-state index is 0.0918. The molecule has 0 aliphatic carbocycles. The molecule has 0 aliphatic heterocycles. The first-order chi connectivity index (χ1) is 11.5. The first-order valence-corrected chi connectivity index (χ1v) is 7.21. The van der Waals surface area contributed by atoms with Gasteiger partial charge in [0.05, 0.1) is 0 Å². The smallest absolute Gasteiger partial charge is 0.274 e. The molecule has 2 aromatic heterocycles. The number of aromatic hydroxyl groups is 1. The molecule has 3 rings (SSSR count). The van der Waals surface area contributed by atoms with Gasteiger partial charge in [0.1, 0.15) is 11.5 Å². The van der Waals surface area contributed by atoms with Crippen molar-refractivity contribution in [2.24, 2.45) is 0 Å². The van der Waals surface area contributed by atoms with Crippen LogP contribution in [0.1, 0.15) is 21.5 Å². The van der Waals surface area contributed by atoms with Crippen molar-refractivity contribution in [3.63, 3.8) is 0 Å². The molecule has 0 unspecified atom stereocenters. The lowest BCUT2D eigenvalue weighted by Crippen LogP contribution is -2.31. The molecule has 6 nitrogen and oxygen atoms in total. The second-order valence-electron chi connectivity index (χ2n) is 5.31. The van der Waals surface area contributed by atoms with E-state index in [1.165, 1.54) is 34.9 Å². The number of carbonyl (C=O) groups excluding carboxylic acids is 1. The first-order valence-electron chi connectivity index (χ1n) is 7.21. The van der Waals surface area contributed by atoms with E-state index in [-0.39, 0.29) is 18.0 Å². The molecule has 2 heterocycles. The van der Waals surface area contributed by atoms with Gasteiger partial charge in [0, 0.05) is 12.7 Å². The largest absolute Gasteiger partial charge is 0.493 e. The van der Waals surface area contributed by atoms with Gasteiger partial charge in [0.25, 0.3) is 11.5 Å². The molecule has 0 radical (unpaired) electrons. The van der Waals surface area contributed by atoms with Crippen molar-refractivity contribution in [2.75, 3.05) is 0 Å². The SMILES string of the molecule is Cc1cccn2c(=O)c(C(=O)NCc3ccc(F)cc3)c(O)nc12. The molecule has 0 saturated carbocycles. The standard InChI is InChI=1S/C17H14FN3O3/c1-10-3-2-8-21-14(10)20-16(23)13(17(21)24)15(22)19-9-11-4-6-12(18)7-5-11/h2-8,23H,9H2,1H3,(H,19,22). The van der Waals surface area contributed by atoms with Gasteiger partial charge in [-0.25, -0.2) is 4.39 Å². The number of benzene rings is 1. The summed E-state index contributed by atoms with van der Waals surface area (Å²) in [6, 6.07) is 8.98. The molecule has 3 aromatic rings. The topological polar surface area (TPSA) is 83.7 Å². The predicted octanol–water partition coefficient (Wildman–Crippen LogP) is 1.78. The van der Waals surface area contributed by atoms with E-state index in [0.717, 1.165) is 0 Å². The molecule has 1 aromatic carbocycles. The van der Waals surface area contributed by atoms with Crippen molar-refractivity contribution < 1.29 is 14.3 Å². The third kappa shape index (κ3) is 2.83. The van der Waals surface area contributed by atoms with Crippen LogP contribution in [0.2, 0.25) is 0 Å². The molecule has 0 bridgehead atoms. The summed E-state index contributed by atoms with van der Waals surface area (Å²) in [7, 11) is 0. The van der Waals surface area contributed by atoms with Crippen molar-refractivity contribution in [1.29, 1.82) is 0 Å². The lowest BCUT2D eigenvalue weighted by atomic mass is 10.2. The molecule has 24 heavy (non-hydrogen) atoms. The van der Waals surface area contributed by atoms with Crippen molar-refractivity contribution in [2.45, 2.75) is 13.5 Å². The summed E-state index contributed by atoms with van der Waals surface area (Å²) in [4.78, 5) is 28.6. The molecular weight excluding hydrogens is 313 g/mol. The van der Waals surface area contributed by atoms with Crippen LogP contribution >= 0.6 is 0 Å². The van der Waals surface area contributed by atoms with E-state index in [0.29, 0.717) is 11.1 Å². The number of rotatable bonds is 3. The zero-order chi connectivity index (χ0) is 17.3. The number of aryl methyl sites for hydroxylation is 1. The number of halogens is 1. The highest BCUT2D eigenvalue weighted by Gasteiger charge is 2.20. The number of fused-ring (bicyclic) bond motifs is 1. The molecule has 0 saturated heterocycles. The van der Waals surface area contributed by atoms with E-state index < -0.39 is 22.9 Å². The zero-order valence-corrected chi connectivity index (χ0v) is 12.8. The molecule has 1 amide bonds. The van der Waals surface area contributed by atoms with Gasteiger partial charge < -0.3 is 10.4 Å². The molecule has 2 N–H and O–H groups in total. The number of amides is 1. The highest BCUT2D eigenvalue weighted by Crippen LogP contribution is 2.14.